The molecule has 0 fully saturated rings. The molecule has 0 atom stereocenters. The number of hydrogen-bond donors (Lipinski definition) is 0. The van der Waals surface area contributed by atoms with Crippen LogP contribution in [0.2, 0.25) is 0 Å². The van der Waals surface area contributed by atoms with Crippen LogP contribution in [-0.4, -0.2) is 31.0 Å². The maximum Gasteiger partial charge on any atom is 0.245 e. The fourth-order valence-electron chi connectivity index (χ4n) is 1.58. The van der Waals surface area contributed by atoms with E-state index in [0.29, 0.717) is 13.2 Å². The van der Waals surface area contributed by atoms with Crippen molar-refractivity contribution in [2.45, 2.75) is 13.8 Å². The second-order valence-corrected chi connectivity index (χ2v) is 4.14. The molecule has 3 nitrogen and oxygen atoms in total. The topological polar surface area (TPSA) is 29.5 Å². The Hall–Kier alpha value is -1.77. The van der Waals surface area contributed by atoms with Crippen LogP contribution in [0.15, 0.2) is 30.9 Å². The average Bonchev–Trinajstić information content (AvgIpc) is 2.26. The molecule has 0 spiro atoms. The van der Waals surface area contributed by atoms with Crippen molar-refractivity contribution < 1.29 is 9.53 Å². The van der Waals surface area contributed by atoms with E-state index >= 15 is 0 Å². The van der Waals surface area contributed by atoms with Crippen molar-refractivity contribution in [3.8, 4) is 5.75 Å². The molecular formula is C14H19NO2. The van der Waals surface area contributed by atoms with E-state index in [2.05, 4.69) is 12.6 Å². The fraction of sp³-hybridized carbons (Fsp3) is 0.357. The van der Waals surface area contributed by atoms with Gasteiger partial charge in [0.05, 0.1) is 6.54 Å². The second kappa shape index (κ2) is 6.09. The van der Waals surface area contributed by atoms with E-state index in [0.717, 1.165) is 5.75 Å². The summed E-state index contributed by atoms with van der Waals surface area (Å²) in [6.45, 7) is 8.55. The van der Waals surface area contributed by atoms with Gasteiger partial charge in [-0.25, -0.2) is 0 Å². The molecule has 0 aliphatic carbocycles. The molecule has 0 unspecified atom stereocenters. The van der Waals surface area contributed by atoms with E-state index in [1.165, 1.54) is 17.2 Å². The lowest BCUT2D eigenvalue weighted by Crippen LogP contribution is -2.29. The van der Waals surface area contributed by atoms with Crippen molar-refractivity contribution in [3.63, 3.8) is 0 Å². The number of carbonyl (C=O) groups is 1. The largest absolute Gasteiger partial charge is 0.492 e. The van der Waals surface area contributed by atoms with Crippen LogP contribution in [0.3, 0.4) is 0 Å². The fourth-order valence-corrected chi connectivity index (χ4v) is 1.58. The highest BCUT2D eigenvalue weighted by Crippen LogP contribution is 2.15. The van der Waals surface area contributed by atoms with Gasteiger partial charge in [-0.15, -0.1) is 0 Å². The SMILES string of the molecule is C=CC(=O)N(C)CCOc1cc(C)cc(C)c1. The van der Waals surface area contributed by atoms with E-state index in [1.54, 1.807) is 11.9 Å². The maximum atomic E-state index is 11.2. The first-order chi connectivity index (χ1) is 8.02. The van der Waals surface area contributed by atoms with Crippen molar-refractivity contribution >= 4 is 5.91 Å². The minimum atomic E-state index is -0.0889. The lowest BCUT2D eigenvalue weighted by Gasteiger charge is -2.15. The molecule has 17 heavy (non-hydrogen) atoms. The Kier molecular flexibility index (Phi) is 4.76. The van der Waals surface area contributed by atoms with Crippen LogP contribution in [0.1, 0.15) is 11.1 Å². The van der Waals surface area contributed by atoms with Crippen molar-refractivity contribution in [1.29, 1.82) is 0 Å². The quantitative estimate of drug-likeness (QED) is 0.730. The molecule has 3 heteroatoms. The molecule has 0 radical (unpaired) electrons. The molecule has 0 aliphatic heterocycles. The number of hydrogen-bond acceptors (Lipinski definition) is 2. The Labute approximate surface area is 103 Å². The van der Waals surface area contributed by atoms with Crippen molar-refractivity contribution in [2.75, 3.05) is 20.2 Å². The Morgan fingerprint density at radius 2 is 1.94 bits per heavy atom. The zero-order chi connectivity index (χ0) is 12.8. The molecule has 0 saturated heterocycles. The van der Waals surface area contributed by atoms with Crippen LogP contribution in [0.5, 0.6) is 5.75 Å². The van der Waals surface area contributed by atoms with E-state index in [1.807, 2.05) is 26.0 Å². The van der Waals surface area contributed by atoms with Crippen molar-refractivity contribution in [3.05, 3.63) is 42.0 Å². The molecule has 1 aromatic carbocycles. The van der Waals surface area contributed by atoms with Crippen LogP contribution in [0.25, 0.3) is 0 Å². The predicted molar refractivity (Wildman–Crippen MR) is 69.2 cm³/mol. The third kappa shape index (κ3) is 4.31. The van der Waals surface area contributed by atoms with Gasteiger partial charge in [-0.05, 0) is 43.2 Å². The Balaban J connectivity index is 2.45. The molecule has 1 rings (SSSR count). The number of aryl methyl sites for hydroxylation is 2. The zero-order valence-corrected chi connectivity index (χ0v) is 10.7. The van der Waals surface area contributed by atoms with Crippen LogP contribution in [0.4, 0.5) is 0 Å². The highest BCUT2D eigenvalue weighted by molar-refractivity contribution is 5.86. The average molecular weight is 233 g/mol. The lowest BCUT2D eigenvalue weighted by molar-refractivity contribution is -0.125. The summed E-state index contributed by atoms with van der Waals surface area (Å²) in [5.74, 6) is 0.760. The zero-order valence-electron chi connectivity index (χ0n) is 10.7. The minimum absolute atomic E-state index is 0.0889. The summed E-state index contributed by atoms with van der Waals surface area (Å²) < 4.78 is 5.60. The number of likely N-dealkylation sites (N-methyl/N-ethyl adjacent to an activating group) is 1. The van der Waals surface area contributed by atoms with Gasteiger partial charge in [-0.3, -0.25) is 4.79 Å². The van der Waals surface area contributed by atoms with Crippen LogP contribution < -0.4 is 4.74 Å². The standard InChI is InChI=1S/C14H19NO2/c1-5-14(16)15(4)6-7-17-13-9-11(2)8-12(3)10-13/h5,8-10H,1,6-7H2,2-4H3. The molecule has 1 amide bonds. The summed E-state index contributed by atoms with van der Waals surface area (Å²) in [6.07, 6.45) is 1.30. The highest BCUT2D eigenvalue weighted by Gasteiger charge is 2.03. The van der Waals surface area contributed by atoms with Crippen molar-refractivity contribution in [1.82, 2.24) is 4.90 Å². The number of nitrogens with zero attached hydrogens (tertiary/aromatic N) is 1. The van der Waals surface area contributed by atoms with E-state index in [4.69, 9.17) is 4.74 Å². The monoisotopic (exact) mass is 233 g/mol. The Bertz CT molecular complexity index is 392. The van der Waals surface area contributed by atoms with Crippen LogP contribution >= 0.6 is 0 Å². The molecule has 0 heterocycles. The summed E-state index contributed by atoms with van der Waals surface area (Å²) in [5.41, 5.74) is 2.35. The number of amides is 1. The first-order valence-corrected chi connectivity index (χ1v) is 5.61. The summed E-state index contributed by atoms with van der Waals surface area (Å²) in [5, 5.41) is 0. The van der Waals surface area contributed by atoms with Gasteiger partial charge in [-0.1, -0.05) is 12.6 Å². The van der Waals surface area contributed by atoms with Gasteiger partial charge in [0.2, 0.25) is 5.91 Å². The highest BCUT2D eigenvalue weighted by atomic mass is 16.5. The molecule has 1 aromatic rings. The summed E-state index contributed by atoms with van der Waals surface area (Å²) in [7, 11) is 1.73. The van der Waals surface area contributed by atoms with Gasteiger partial charge < -0.3 is 9.64 Å². The summed E-state index contributed by atoms with van der Waals surface area (Å²) >= 11 is 0. The minimum Gasteiger partial charge on any atom is -0.492 e. The number of rotatable bonds is 5. The first kappa shape index (κ1) is 13.3. The molecule has 0 aromatic heterocycles. The molecular weight excluding hydrogens is 214 g/mol. The molecule has 92 valence electrons. The molecule has 0 bridgehead atoms. The van der Waals surface area contributed by atoms with Gasteiger partial charge in [0.15, 0.2) is 0 Å². The first-order valence-electron chi connectivity index (χ1n) is 5.61. The third-order valence-corrected chi connectivity index (χ3v) is 2.44. The Morgan fingerprint density at radius 1 is 1.35 bits per heavy atom. The van der Waals surface area contributed by atoms with Gasteiger partial charge in [-0.2, -0.15) is 0 Å². The van der Waals surface area contributed by atoms with E-state index in [-0.39, 0.29) is 5.91 Å². The number of ether oxygens (including phenoxy) is 1. The number of carbonyl (C=O) groups excluding carboxylic acids is 1. The van der Waals surface area contributed by atoms with Crippen LogP contribution in [0, 0.1) is 13.8 Å². The second-order valence-electron chi connectivity index (χ2n) is 4.14. The number of benzene rings is 1. The van der Waals surface area contributed by atoms with Gasteiger partial charge in [0.25, 0.3) is 0 Å². The summed E-state index contributed by atoms with van der Waals surface area (Å²) in [4.78, 5) is 12.8. The molecule has 0 aliphatic rings. The van der Waals surface area contributed by atoms with E-state index < -0.39 is 0 Å². The van der Waals surface area contributed by atoms with Gasteiger partial charge in [0, 0.05) is 7.05 Å². The van der Waals surface area contributed by atoms with E-state index in [9.17, 15) is 4.79 Å². The van der Waals surface area contributed by atoms with Gasteiger partial charge >= 0.3 is 0 Å². The smallest absolute Gasteiger partial charge is 0.245 e. The van der Waals surface area contributed by atoms with Crippen LogP contribution in [-0.2, 0) is 4.79 Å². The normalized spacial score (nSPS) is 9.82. The summed E-state index contributed by atoms with van der Waals surface area (Å²) in [6, 6.07) is 6.07. The van der Waals surface area contributed by atoms with Gasteiger partial charge in [0.1, 0.15) is 12.4 Å². The lowest BCUT2D eigenvalue weighted by atomic mass is 10.1. The predicted octanol–water partition coefficient (Wildman–Crippen LogP) is 2.33. The Morgan fingerprint density at radius 3 is 2.47 bits per heavy atom. The molecule has 0 N–H and O–H groups in total. The molecule has 0 saturated carbocycles. The third-order valence-electron chi connectivity index (χ3n) is 2.44. The maximum absolute atomic E-state index is 11.2. The van der Waals surface area contributed by atoms with Crippen molar-refractivity contribution in [2.24, 2.45) is 0 Å².